The SMILES string of the molecule is CCc1ccc(N2C[C@@H](C(=O)Nc3nc(-c4ccccc4)cs3)CC2=O)cc1. The Morgan fingerprint density at radius 3 is 2.64 bits per heavy atom. The van der Waals surface area contributed by atoms with Gasteiger partial charge in [0.15, 0.2) is 5.13 Å². The lowest BCUT2D eigenvalue weighted by atomic mass is 10.1. The molecular formula is C22H21N3O2S. The summed E-state index contributed by atoms with van der Waals surface area (Å²) < 4.78 is 0. The number of anilines is 2. The van der Waals surface area contributed by atoms with Gasteiger partial charge in [-0.2, -0.15) is 0 Å². The van der Waals surface area contributed by atoms with Crippen LogP contribution in [0.3, 0.4) is 0 Å². The van der Waals surface area contributed by atoms with Crippen molar-refractivity contribution in [3.63, 3.8) is 0 Å². The average molecular weight is 391 g/mol. The predicted octanol–water partition coefficient (Wildman–Crippen LogP) is 4.36. The van der Waals surface area contributed by atoms with Gasteiger partial charge in [0.05, 0.1) is 11.6 Å². The zero-order valence-corrected chi connectivity index (χ0v) is 16.4. The molecule has 1 saturated heterocycles. The quantitative estimate of drug-likeness (QED) is 0.703. The molecule has 1 aromatic heterocycles. The summed E-state index contributed by atoms with van der Waals surface area (Å²) in [5.74, 6) is -0.550. The highest BCUT2D eigenvalue weighted by molar-refractivity contribution is 7.14. The van der Waals surface area contributed by atoms with E-state index in [0.29, 0.717) is 11.7 Å². The van der Waals surface area contributed by atoms with Crippen molar-refractivity contribution < 1.29 is 9.59 Å². The number of aromatic nitrogens is 1. The molecule has 1 fully saturated rings. The Hall–Kier alpha value is -2.99. The molecule has 4 rings (SSSR count). The van der Waals surface area contributed by atoms with Crippen molar-refractivity contribution in [2.24, 2.45) is 5.92 Å². The average Bonchev–Trinajstić information content (AvgIpc) is 3.35. The summed E-state index contributed by atoms with van der Waals surface area (Å²) in [7, 11) is 0. The van der Waals surface area contributed by atoms with Crippen molar-refractivity contribution >= 4 is 34.0 Å². The third-order valence-corrected chi connectivity index (χ3v) is 5.71. The number of benzene rings is 2. The number of aryl methyl sites for hydroxylation is 1. The molecule has 1 aliphatic heterocycles. The largest absolute Gasteiger partial charge is 0.312 e. The number of nitrogens with one attached hydrogen (secondary N) is 1. The summed E-state index contributed by atoms with van der Waals surface area (Å²) in [6, 6.07) is 17.8. The molecule has 0 aliphatic carbocycles. The second-order valence-electron chi connectivity index (χ2n) is 6.82. The van der Waals surface area contributed by atoms with Gasteiger partial charge in [0.25, 0.3) is 0 Å². The van der Waals surface area contributed by atoms with Crippen molar-refractivity contribution in [1.29, 1.82) is 0 Å². The molecule has 28 heavy (non-hydrogen) atoms. The van der Waals surface area contributed by atoms with Crippen LogP contribution >= 0.6 is 11.3 Å². The van der Waals surface area contributed by atoms with Crippen LogP contribution in [0.2, 0.25) is 0 Å². The molecule has 6 heteroatoms. The van der Waals surface area contributed by atoms with Crippen LogP contribution in [0.4, 0.5) is 10.8 Å². The zero-order valence-electron chi connectivity index (χ0n) is 15.6. The van der Waals surface area contributed by atoms with Crippen LogP contribution in [0.5, 0.6) is 0 Å². The minimum atomic E-state index is -0.373. The lowest BCUT2D eigenvalue weighted by Crippen LogP contribution is -2.28. The number of hydrogen-bond acceptors (Lipinski definition) is 4. The van der Waals surface area contributed by atoms with Crippen LogP contribution in [-0.4, -0.2) is 23.3 Å². The second-order valence-corrected chi connectivity index (χ2v) is 7.68. The highest BCUT2D eigenvalue weighted by Gasteiger charge is 2.35. The molecule has 2 amide bonds. The van der Waals surface area contributed by atoms with Crippen LogP contribution in [-0.2, 0) is 16.0 Å². The van der Waals surface area contributed by atoms with Crippen LogP contribution in [0.15, 0.2) is 60.0 Å². The first-order chi connectivity index (χ1) is 13.6. The van der Waals surface area contributed by atoms with Crippen molar-refractivity contribution in [3.05, 3.63) is 65.5 Å². The van der Waals surface area contributed by atoms with E-state index in [1.807, 2.05) is 60.0 Å². The van der Waals surface area contributed by atoms with E-state index in [4.69, 9.17) is 0 Å². The Kier molecular flexibility index (Phi) is 5.21. The van der Waals surface area contributed by atoms with Gasteiger partial charge >= 0.3 is 0 Å². The minimum absolute atomic E-state index is 0.0199. The third-order valence-electron chi connectivity index (χ3n) is 4.96. The van der Waals surface area contributed by atoms with Gasteiger partial charge in [-0.15, -0.1) is 11.3 Å². The molecule has 0 bridgehead atoms. The van der Waals surface area contributed by atoms with E-state index in [2.05, 4.69) is 17.2 Å². The topological polar surface area (TPSA) is 62.3 Å². The van der Waals surface area contributed by atoms with Crippen molar-refractivity contribution in [3.8, 4) is 11.3 Å². The summed E-state index contributed by atoms with van der Waals surface area (Å²) in [6.45, 7) is 2.49. The van der Waals surface area contributed by atoms with Crippen LogP contribution in [0.25, 0.3) is 11.3 Å². The lowest BCUT2D eigenvalue weighted by molar-refractivity contribution is -0.122. The monoisotopic (exact) mass is 391 g/mol. The van der Waals surface area contributed by atoms with Gasteiger partial charge < -0.3 is 10.2 Å². The normalized spacial score (nSPS) is 16.4. The van der Waals surface area contributed by atoms with Crippen LogP contribution in [0.1, 0.15) is 18.9 Å². The molecular weight excluding hydrogens is 370 g/mol. The highest BCUT2D eigenvalue weighted by atomic mass is 32.1. The summed E-state index contributed by atoms with van der Waals surface area (Å²) in [6.07, 6.45) is 1.18. The zero-order chi connectivity index (χ0) is 19.5. The highest BCUT2D eigenvalue weighted by Crippen LogP contribution is 2.28. The van der Waals surface area contributed by atoms with Gasteiger partial charge in [0.1, 0.15) is 0 Å². The van der Waals surface area contributed by atoms with Gasteiger partial charge in [-0.1, -0.05) is 49.4 Å². The van der Waals surface area contributed by atoms with E-state index in [9.17, 15) is 9.59 Å². The Balaban J connectivity index is 1.41. The fraction of sp³-hybridized carbons (Fsp3) is 0.227. The number of rotatable bonds is 5. The third kappa shape index (κ3) is 3.82. The molecule has 2 heterocycles. The maximum atomic E-state index is 12.7. The molecule has 0 unspecified atom stereocenters. The molecule has 1 aliphatic rings. The van der Waals surface area contributed by atoms with E-state index in [-0.39, 0.29) is 24.2 Å². The minimum Gasteiger partial charge on any atom is -0.312 e. The summed E-state index contributed by atoms with van der Waals surface area (Å²) in [5, 5.41) is 5.35. The van der Waals surface area contributed by atoms with E-state index in [1.165, 1.54) is 16.9 Å². The summed E-state index contributed by atoms with van der Waals surface area (Å²) in [5.41, 5.74) is 3.92. The number of thiazole rings is 1. The second kappa shape index (κ2) is 7.94. The maximum Gasteiger partial charge on any atom is 0.231 e. The maximum absolute atomic E-state index is 12.7. The molecule has 2 aromatic carbocycles. The fourth-order valence-electron chi connectivity index (χ4n) is 3.32. The van der Waals surface area contributed by atoms with E-state index >= 15 is 0 Å². The molecule has 5 nitrogen and oxygen atoms in total. The molecule has 3 aromatic rings. The molecule has 1 atom stereocenters. The first-order valence-electron chi connectivity index (χ1n) is 9.35. The molecule has 1 N–H and O–H groups in total. The molecule has 0 radical (unpaired) electrons. The van der Waals surface area contributed by atoms with Crippen molar-refractivity contribution in [2.45, 2.75) is 19.8 Å². The molecule has 142 valence electrons. The van der Waals surface area contributed by atoms with Gasteiger partial charge in [0.2, 0.25) is 11.8 Å². The summed E-state index contributed by atoms with van der Waals surface area (Å²) in [4.78, 5) is 31.3. The van der Waals surface area contributed by atoms with E-state index < -0.39 is 0 Å². The van der Waals surface area contributed by atoms with Crippen molar-refractivity contribution in [1.82, 2.24) is 4.98 Å². The van der Waals surface area contributed by atoms with Crippen molar-refractivity contribution in [2.75, 3.05) is 16.8 Å². The number of carbonyl (C=O) groups is 2. The van der Waals surface area contributed by atoms with Gasteiger partial charge in [0, 0.05) is 29.6 Å². The molecule has 0 spiro atoms. The predicted molar refractivity (Wildman–Crippen MR) is 112 cm³/mol. The Bertz CT molecular complexity index is 983. The van der Waals surface area contributed by atoms with Gasteiger partial charge in [-0.05, 0) is 24.1 Å². The first kappa shape index (κ1) is 18.4. The number of carbonyl (C=O) groups excluding carboxylic acids is 2. The molecule has 0 saturated carbocycles. The first-order valence-corrected chi connectivity index (χ1v) is 10.2. The standard InChI is InChI=1S/C22H21N3O2S/c1-2-15-8-10-18(11-9-15)25-13-17(12-20(25)26)21(27)24-22-23-19(14-28-22)16-6-4-3-5-7-16/h3-11,14,17H,2,12-13H2,1H3,(H,23,24,27)/t17-/m0/s1. The van der Waals surface area contributed by atoms with Crippen LogP contribution in [0, 0.1) is 5.92 Å². The Morgan fingerprint density at radius 1 is 1.18 bits per heavy atom. The fourth-order valence-corrected chi connectivity index (χ4v) is 4.05. The van der Waals surface area contributed by atoms with E-state index in [1.54, 1.807) is 4.90 Å². The van der Waals surface area contributed by atoms with Crippen LogP contribution < -0.4 is 10.2 Å². The number of amides is 2. The number of hydrogen-bond donors (Lipinski definition) is 1. The Morgan fingerprint density at radius 2 is 1.93 bits per heavy atom. The smallest absolute Gasteiger partial charge is 0.231 e. The van der Waals surface area contributed by atoms with Gasteiger partial charge in [-0.25, -0.2) is 4.98 Å². The lowest BCUT2D eigenvalue weighted by Gasteiger charge is -2.17. The number of nitrogens with zero attached hydrogens (tertiary/aromatic N) is 2. The summed E-state index contributed by atoms with van der Waals surface area (Å²) >= 11 is 1.39. The van der Waals surface area contributed by atoms with Gasteiger partial charge in [-0.3, -0.25) is 9.59 Å². The van der Waals surface area contributed by atoms with E-state index in [0.717, 1.165) is 23.4 Å². The Labute approximate surface area is 168 Å².